The lowest BCUT2D eigenvalue weighted by molar-refractivity contribution is 1.33. The minimum atomic E-state index is 0.233. The van der Waals surface area contributed by atoms with Crippen LogP contribution in [0, 0.1) is 10.8 Å². The van der Waals surface area contributed by atoms with Gasteiger partial charge in [-0.05, 0) is 86.5 Å². The monoisotopic (exact) mass is 580 g/mol. The van der Waals surface area contributed by atoms with Gasteiger partial charge in [-0.2, -0.15) is 0 Å². The normalized spacial score (nSPS) is 12.4. The van der Waals surface area contributed by atoms with E-state index in [1.165, 1.54) is 11.1 Å². The number of nitrogen functional groups attached to an aromatic ring is 1. The molecule has 0 atom stereocenters. The molecule has 1 aliphatic carbocycles. The number of nitrogens with zero attached hydrogens (tertiary/aromatic N) is 1. The molecule has 0 radical (unpaired) electrons. The molecule has 1 heterocycles. The van der Waals surface area contributed by atoms with Gasteiger partial charge >= 0.3 is 0 Å². The highest BCUT2D eigenvalue weighted by Gasteiger charge is 2.18. The van der Waals surface area contributed by atoms with Gasteiger partial charge in [-0.15, -0.1) is 0 Å². The summed E-state index contributed by atoms with van der Waals surface area (Å²) in [5.41, 5.74) is 17.6. The van der Waals surface area contributed by atoms with Crippen molar-refractivity contribution < 1.29 is 0 Å². The Hall–Kier alpha value is -6.13. The number of rotatable bonds is 5. The fourth-order valence-electron chi connectivity index (χ4n) is 5.26. The van der Waals surface area contributed by atoms with Crippen molar-refractivity contribution in [1.29, 1.82) is 10.8 Å². The van der Waals surface area contributed by atoms with Crippen molar-refractivity contribution in [3.63, 3.8) is 0 Å². The number of hydrogen-bond donors (Lipinski definition) is 3. The van der Waals surface area contributed by atoms with Crippen LogP contribution in [0.2, 0.25) is 0 Å². The molecule has 4 nitrogen and oxygen atoms in total. The van der Waals surface area contributed by atoms with Gasteiger partial charge in [-0.3, -0.25) is 15.8 Å². The van der Waals surface area contributed by atoms with Gasteiger partial charge in [0.25, 0.3) is 0 Å². The van der Waals surface area contributed by atoms with E-state index in [2.05, 4.69) is 65.6 Å². The Morgan fingerprint density at radius 2 is 0.889 bits per heavy atom. The Morgan fingerprint density at radius 1 is 0.422 bits per heavy atom. The van der Waals surface area contributed by atoms with Gasteiger partial charge in [0.15, 0.2) is 0 Å². The maximum atomic E-state index is 8.47. The highest BCUT2D eigenvalue weighted by molar-refractivity contribution is 6.61. The molecule has 0 spiro atoms. The Balaban J connectivity index is 0.000000229. The molecule has 6 aromatic rings. The Morgan fingerprint density at radius 3 is 1.44 bits per heavy atom. The summed E-state index contributed by atoms with van der Waals surface area (Å²) in [6, 6.07) is 48.9. The summed E-state index contributed by atoms with van der Waals surface area (Å²) in [4.78, 5) is 3.96. The standard InChI is InChI=1S/C30H22N2.C11H10N2/c31-29-20-27(25-13-11-23(12-14-25)21-7-3-1-4-8-21)19-28(30(29)32)26-17-15-24(16-18-26)22-9-5-2-6-10-22;12-11-3-1-2-10(8-11)9-4-6-13-7-5-9/h1-20,31-32H;1-8H,12H2. The molecule has 45 heavy (non-hydrogen) atoms. The summed E-state index contributed by atoms with van der Waals surface area (Å²) < 4.78 is 0. The van der Waals surface area contributed by atoms with Gasteiger partial charge in [-0.1, -0.05) is 121 Å². The molecule has 0 amide bonds. The maximum absolute atomic E-state index is 8.47. The van der Waals surface area contributed by atoms with E-state index in [1.54, 1.807) is 18.5 Å². The molecule has 1 aromatic heterocycles. The summed E-state index contributed by atoms with van der Waals surface area (Å²) in [6.07, 6.45) is 7.36. The summed E-state index contributed by atoms with van der Waals surface area (Å²) in [6.45, 7) is 0. The molecule has 1 aliphatic rings. The smallest absolute Gasteiger partial charge is 0.0867 e. The Labute approximate surface area is 263 Å². The van der Waals surface area contributed by atoms with Crippen molar-refractivity contribution in [2.45, 2.75) is 0 Å². The van der Waals surface area contributed by atoms with E-state index in [1.807, 2.05) is 91.0 Å². The highest BCUT2D eigenvalue weighted by atomic mass is 14.6. The zero-order valence-electron chi connectivity index (χ0n) is 24.7. The van der Waals surface area contributed by atoms with E-state index in [0.717, 1.165) is 50.2 Å². The van der Waals surface area contributed by atoms with Gasteiger partial charge in [0, 0.05) is 23.7 Å². The van der Waals surface area contributed by atoms with Crippen LogP contribution in [-0.4, -0.2) is 16.4 Å². The molecule has 0 fully saturated rings. The Kier molecular flexibility index (Phi) is 8.66. The quantitative estimate of drug-likeness (QED) is 0.140. The van der Waals surface area contributed by atoms with Crippen LogP contribution in [0.1, 0.15) is 11.1 Å². The van der Waals surface area contributed by atoms with Crippen molar-refractivity contribution in [1.82, 2.24) is 4.98 Å². The molecule has 0 bridgehead atoms. The van der Waals surface area contributed by atoms with Crippen LogP contribution < -0.4 is 5.73 Å². The predicted octanol–water partition coefficient (Wildman–Crippen LogP) is 9.87. The average Bonchev–Trinajstić information content (AvgIpc) is 3.11. The lowest BCUT2D eigenvalue weighted by Gasteiger charge is -2.17. The van der Waals surface area contributed by atoms with E-state index >= 15 is 0 Å². The van der Waals surface area contributed by atoms with Gasteiger partial charge in [0.1, 0.15) is 0 Å². The molecule has 7 rings (SSSR count). The van der Waals surface area contributed by atoms with Crippen molar-refractivity contribution in [3.8, 4) is 33.4 Å². The number of pyridine rings is 1. The minimum absolute atomic E-state index is 0.233. The lowest BCUT2D eigenvalue weighted by Crippen LogP contribution is -2.15. The van der Waals surface area contributed by atoms with Crippen LogP contribution in [0.5, 0.6) is 0 Å². The van der Waals surface area contributed by atoms with Crippen LogP contribution in [0.4, 0.5) is 5.69 Å². The van der Waals surface area contributed by atoms with Crippen molar-refractivity contribution in [2.24, 2.45) is 0 Å². The molecule has 0 saturated heterocycles. The first-order valence-electron chi connectivity index (χ1n) is 14.7. The van der Waals surface area contributed by atoms with Crippen LogP contribution >= 0.6 is 0 Å². The highest BCUT2D eigenvalue weighted by Crippen LogP contribution is 2.31. The van der Waals surface area contributed by atoms with Crippen molar-refractivity contribution in [2.75, 3.05) is 5.73 Å². The lowest BCUT2D eigenvalue weighted by atomic mass is 9.87. The van der Waals surface area contributed by atoms with Gasteiger partial charge in [-0.25, -0.2) is 0 Å². The van der Waals surface area contributed by atoms with E-state index in [0.29, 0.717) is 0 Å². The third-order valence-electron chi connectivity index (χ3n) is 7.67. The first-order chi connectivity index (χ1) is 22.0. The molecule has 0 unspecified atom stereocenters. The molecule has 5 aromatic carbocycles. The topological polar surface area (TPSA) is 86.6 Å². The number of anilines is 1. The number of benzene rings is 5. The van der Waals surface area contributed by atoms with Gasteiger partial charge in [0.05, 0.1) is 11.4 Å². The summed E-state index contributed by atoms with van der Waals surface area (Å²) >= 11 is 0. The molecular formula is C41H32N4. The van der Waals surface area contributed by atoms with Gasteiger partial charge in [0.2, 0.25) is 0 Å². The van der Waals surface area contributed by atoms with Crippen LogP contribution in [0.3, 0.4) is 0 Å². The largest absolute Gasteiger partial charge is 0.399 e. The predicted molar refractivity (Wildman–Crippen MR) is 189 cm³/mol. The van der Waals surface area contributed by atoms with Crippen LogP contribution in [0.25, 0.3) is 44.5 Å². The number of allylic oxidation sites excluding steroid dienone is 4. The van der Waals surface area contributed by atoms with Crippen molar-refractivity contribution in [3.05, 3.63) is 181 Å². The summed E-state index contributed by atoms with van der Waals surface area (Å²) in [7, 11) is 0. The average molecular weight is 581 g/mol. The fraction of sp³-hybridized carbons (Fsp3) is 0. The first-order valence-corrected chi connectivity index (χ1v) is 14.7. The van der Waals surface area contributed by atoms with E-state index in [-0.39, 0.29) is 11.4 Å². The maximum Gasteiger partial charge on any atom is 0.0867 e. The zero-order valence-corrected chi connectivity index (χ0v) is 24.7. The minimum Gasteiger partial charge on any atom is -0.399 e. The SMILES string of the molecule is N=C1C=C(c2ccc(-c3ccccc3)cc2)C=C(c2ccc(-c3ccccc3)cc2)C1=N.Nc1cccc(-c2ccncc2)c1. The zero-order chi connectivity index (χ0) is 31.0. The molecule has 4 N–H and O–H groups in total. The molecule has 216 valence electrons. The summed E-state index contributed by atoms with van der Waals surface area (Å²) in [5.74, 6) is 0. The third kappa shape index (κ3) is 6.93. The van der Waals surface area contributed by atoms with Crippen LogP contribution in [0.15, 0.2) is 170 Å². The second-order valence-corrected chi connectivity index (χ2v) is 10.7. The van der Waals surface area contributed by atoms with Gasteiger partial charge < -0.3 is 5.73 Å². The Bertz CT molecular complexity index is 1990. The first kappa shape index (κ1) is 29.0. The van der Waals surface area contributed by atoms with E-state index in [4.69, 9.17) is 16.6 Å². The summed E-state index contributed by atoms with van der Waals surface area (Å²) in [5, 5.41) is 16.8. The van der Waals surface area contributed by atoms with E-state index < -0.39 is 0 Å². The second-order valence-electron chi connectivity index (χ2n) is 10.7. The molecule has 4 heteroatoms. The number of aromatic nitrogens is 1. The molecule has 0 aliphatic heterocycles. The van der Waals surface area contributed by atoms with Crippen LogP contribution in [-0.2, 0) is 0 Å². The fourth-order valence-corrected chi connectivity index (χ4v) is 5.26. The number of nitrogens with one attached hydrogen (secondary N) is 2. The third-order valence-corrected chi connectivity index (χ3v) is 7.67. The molecule has 0 saturated carbocycles. The number of hydrogen-bond acceptors (Lipinski definition) is 4. The van der Waals surface area contributed by atoms with E-state index in [9.17, 15) is 0 Å². The van der Waals surface area contributed by atoms with Crippen molar-refractivity contribution >= 4 is 28.3 Å². The number of nitrogens with two attached hydrogens (primary N) is 1. The second kappa shape index (κ2) is 13.4. The molecular weight excluding hydrogens is 548 g/mol.